The molecule has 5 aliphatic heterocycles. The number of hydrogen-bond donors (Lipinski definition) is 8. The third-order valence-corrected chi connectivity index (χ3v) is 17.9. The van der Waals surface area contributed by atoms with Gasteiger partial charge < -0.3 is 78.7 Å². The molecule has 9 fully saturated rings. The maximum atomic E-state index is 11.4. The molecule has 0 aromatic carbocycles. The summed E-state index contributed by atoms with van der Waals surface area (Å²) in [7, 11) is 0. The molecule has 8 N–H and O–H groups in total. The normalized spacial score (nSPS) is 60.5. The van der Waals surface area contributed by atoms with Crippen LogP contribution < -0.4 is 0 Å². The first-order chi connectivity index (χ1) is 28.4. The van der Waals surface area contributed by atoms with E-state index in [9.17, 15) is 40.9 Å². The molecule has 27 atom stereocenters. The van der Waals surface area contributed by atoms with Crippen molar-refractivity contribution in [3.63, 3.8) is 0 Å². The zero-order valence-electron chi connectivity index (χ0n) is 36.0. The fourth-order valence-corrected chi connectivity index (χ4v) is 14.4. The van der Waals surface area contributed by atoms with Gasteiger partial charge in [-0.1, -0.05) is 27.7 Å². The summed E-state index contributed by atoms with van der Waals surface area (Å²) in [5.74, 6) is 2.09. The van der Waals surface area contributed by atoms with Gasteiger partial charge in [-0.25, -0.2) is 0 Å². The minimum absolute atomic E-state index is 0.101. The number of fused-ring (bicyclic) bond motifs is 7. The monoisotopic (exact) mass is 856 g/mol. The molecule has 0 radical (unpaired) electrons. The standard InChI is InChI=1S/C44H72O16/c1-18-9-12-44(54-16-18)19(2)30-28(60-44)15-26-24-8-7-22-13-23(45)14-29(43(22,6)25(24)10-11-42(26,30)5)57-41-38(59-40-36(52)34(50)32(48)21(4)56-40)37(27(46)17-53-41)58-39-35(51)33(49)31(47)20(3)55-39/h18-41,45-52H,7-17H2,1-6H3/t18-,19+,20+,21+,22+,23-,24-,25+,26+,27+,28+,29-,30+,31+,32+,33-,34-,35-,36-,37+,38-,39+,40+,41+,42+,43+,44-/m1/s1. The van der Waals surface area contributed by atoms with Gasteiger partial charge in [0.25, 0.3) is 0 Å². The number of aliphatic hydroxyl groups excluding tert-OH is 8. The van der Waals surface area contributed by atoms with Crippen molar-refractivity contribution >= 4 is 0 Å². The van der Waals surface area contributed by atoms with Gasteiger partial charge in [0, 0.05) is 18.8 Å². The van der Waals surface area contributed by atoms with E-state index in [2.05, 4.69) is 27.7 Å². The van der Waals surface area contributed by atoms with Crippen molar-refractivity contribution in [2.24, 2.45) is 52.3 Å². The van der Waals surface area contributed by atoms with Crippen LogP contribution in [0.5, 0.6) is 0 Å². The molecule has 4 saturated carbocycles. The number of aliphatic hydroxyl groups is 8. The quantitative estimate of drug-likeness (QED) is 0.186. The summed E-state index contributed by atoms with van der Waals surface area (Å²) < 4.78 is 51.1. The highest BCUT2D eigenvalue weighted by Crippen LogP contribution is 2.71. The summed E-state index contributed by atoms with van der Waals surface area (Å²) in [6.45, 7) is 12.9. The van der Waals surface area contributed by atoms with Crippen LogP contribution in [0.15, 0.2) is 0 Å². The van der Waals surface area contributed by atoms with E-state index in [0.29, 0.717) is 42.4 Å². The van der Waals surface area contributed by atoms with Crippen LogP contribution in [-0.4, -0.2) is 164 Å². The van der Waals surface area contributed by atoms with Crippen LogP contribution in [0.25, 0.3) is 0 Å². The van der Waals surface area contributed by atoms with Gasteiger partial charge in [0.05, 0.1) is 43.7 Å². The fraction of sp³-hybridized carbons (Fsp3) is 1.00. The third-order valence-electron chi connectivity index (χ3n) is 17.9. The highest BCUT2D eigenvalue weighted by Gasteiger charge is 2.70. The van der Waals surface area contributed by atoms with Crippen LogP contribution in [0.4, 0.5) is 0 Å². The summed E-state index contributed by atoms with van der Waals surface area (Å²) in [4.78, 5) is 0. The summed E-state index contributed by atoms with van der Waals surface area (Å²) in [6.07, 6.45) is -12.6. The molecule has 0 aromatic heterocycles. The summed E-state index contributed by atoms with van der Waals surface area (Å²) in [5.41, 5.74) is -0.282. The van der Waals surface area contributed by atoms with Crippen molar-refractivity contribution in [2.45, 2.75) is 209 Å². The van der Waals surface area contributed by atoms with Crippen LogP contribution >= 0.6 is 0 Å². The van der Waals surface area contributed by atoms with Crippen LogP contribution in [0.3, 0.4) is 0 Å². The maximum Gasteiger partial charge on any atom is 0.187 e. The minimum atomic E-state index is -1.71. The Morgan fingerprint density at radius 2 is 1.25 bits per heavy atom. The SMILES string of the molecule is C[C@@H]1CC[C@@]2(OC1)O[C@H]1C[C@H]3[C@@H]4CC[C@H]5C[C@@H](O)C[C@@H](O[C@@H]6OC[C@H](O)[C@H](O[C@@H]7O[C@@H](C)[C@H](O)[C@@H](O)[C@H]7O)[C@H]6O[C@@H]6O[C@@H](C)[C@H](O)[C@@H](O)[C@H]6O)[C@]5(C)[C@H]4CC[C@]3(C)[C@H]1[C@@H]2C. The highest BCUT2D eigenvalue weighted by atomic mass is 16.8. The van der Waals surface area contributed by atoms with Crippen LogP contribution in [0.2, 0.25) is 0 Å². The van der Waals surface area contributed by atoms with Crippen molar-refractivity contribution in [3.8, 4) is 0 Å². The highest BCUT2D eigenvalue weighted by molar-refractivity contribution is 5.16. The van der Waals surface area contributed by atoms with Gasteiger partial charge in [-0.05, 0) is 105 Å². The minimum Gasteiger partial charge on any atom is -0.393 e. The fourth-order valence-electron chi connectivity index (χ4n) is 14.4. The molecule has 0 aromatic rings. The molecule has 0 amide bonds. The van der Waals surface area contributed by atoms with Crippen molar-refractivity contribution in [3.05, 3.63) is 0 Å². The summed E-state index contributed by atoms with van der Waals surface area (Å²) in [6, 6.07) is 0. The molecular weight excluding hydrogens is 784 g/mol. The second kappa shape index (κ2) is 16.4. The van der Waals surface area contributed by atoms with E-state index in [1.165, 1.54) is 13.8 Å². The average Bonchev–Trinajstić information content (AvgIpc) is 3.66. The number of hydrogen-bond acceptors (Lipinski definition) is 16. The van der Waals surface area contributed by atoms with E-state index in [-0.39, 0.29) is 35.4 Å². The molecule has 16 nitrogen and oxygen atoms in total. The second-order valence-corrected chi connectivity index (χ2v) is 21.1. The van der Waals surface area contributed by atoms with Crippen LogP contribution in [-0.2, 0) is 37.9 Å². The molecule has 16 heteroatoms. The first-order valence-electron chi connectivity index (χ1n) is 23.0. The molecule has 9 aliphatic rings. The molecule has 1 spiro atoms. The first kappa shape index (κ1) is 44.6. The summed E-state index contributed by atoms with van der Waals surface area (Å²) >= 11 is 0. The van der Waals surface area contributed by atoms with E-state index in [4.69, 9.17) is 37.9 Å². The Balaban J connectivity index is 0.991. The van der Waals surface area contributed by atoms with Gasteiger partial charge in [0.15, 0.2) is 24.7 Å². The predicted molar refractivity (Wildman–Crippen MR) is 208 cm³/mol. The predicted octanol–water partition coefficient (Wildman–Crippen LogP) is 0.932. The lowest BCUT2D eigenvalue weighted by atomic mass is 9.43. The molecule has 60 heavy (non-hydrogen) atoms. The van der Waals surface area contributed by atoms with E-state index in [1.807, 2.05) is 0 Å². The Hall–Kier alpha value is -0.640. The van der Waals surface area contributed by atoms with Gasteiger partial charge in [-0.15, -0.1) is 0 Å². The van der Waals surface area contributed by atoms with Gasteiger partial charge in [0.2, 0.25) is 0 Å². The lowest BCUT2D eigenvalue weighted by Gasteiger charge is -2.63. The average molecular weight is 857 g/mol. The Kier molecular flexibility index (Phi) is 12.1. The topological polar surface area (TPSA) is 236 Å². The van der Waals surface area contributed by atoms with Gasteiger partial charge in [0.1, 0.15) is 54.9 Å². The Morgan fingerprint density at radius 1 is 0.600 bits per heavy atom. The zero-order chi connectivity index (χ0) is 42.8. The van der Waals surface area contributed by atoms with Crippen LogP contribution in [0.1, 0.15) is 99.3 Å². The molecule has 344 valence electrons. The molecular formula is C44H72O16. The Labute approximate surface area is 353 Å². The third kappa shape index (κ3) is 7.09. The van der Waals surface area contributed by atoms with Crippen molar-refractivity contribution < 1.29 is 78.7 Å². The molecule has 9 rings (SSSR count). The van der Waals surface area contributed by atoms with E-state index in [1.54, 1.807) is 0 Å². The van der Waals surface area contributed by atoms with Gasteiger partial charge in [-0.3, -0.25) is 0 Å². The largest absolute Gasteiger partial charge is 0.393 e. The molecule has 0 unspecified atom stereocenters. The van der Waals surface area contributed by atoms with E-state index in [0.717, 1.165) is 51.6 Å². The lowest BCUT2D eigenvalue weighted by molar-refractivity contribution is -0.388. The number of rotatable bonds is 6. The van der Waals surface area contributed by atoms with E-state index < -0.39 is 104 Å². The lowest BCUT2D eigenvalue weighted by Crippen LogP contribution is -2.66. The molecule has 0 bridgehead atoms. The smallest absolute Gasteiger partial charge is 0.187 e. The number of ether oxygens (including phenoxy) is 8. The zero-order valence-corrected chi connectivity index (χ0v) is 36.0. The Morgan fingerprint density at radius 3 is 1.88 bits per heavy atom. The van der Waals surface area contributed by atoms with Crippen molar-refractivity contribution in [2.75, 3.05) is 13.2 Å². The Bertz CT molecular complexity index is 1520. The molecule has 4 aliphatic carbocycles. The van der Waals surface area contributed by atoms with Gasteiger partial charge >= 0.3 is 0 Å². The van der Waals surface area contributed by atoms with Gasteiger partial charge in [-0.2, -0.15) is 0 Å². The summed E-state index contributed by atoms with van der Waals surface area (Å²) in [5, 5.41) is 87.0. The van der Waals surface area contributed by atoms with E-state index >= 15 is 0 Å². The van der Waals surface area contributed by atoms with Crippen molar-refractivity contribution in [1.82, 2.24) is 0 Å². The van der Waals surface area contributed by atoms with Crippen molar-refractivity contribution in [1.29, 1.82) is 0 Å². The molecule has 5 saturated heterocycles. The van der Waals surface area contributed by atoms with Crippen LogP contribution in [0, 0.1) is 52.3 Å². The second-order valence-electron chi connectivity index (χ2n) is 21.1. The first-order valence-corrected chi connectivity index (χ1v) is 23.0. The molecule has 5 heterocycles. The maximum absolute atomic E-state index is 11.4.